The van der Waals surface area contributed by atoms with Gasteiger partial charge < -0.3 is 14.6 Å². The third-order valence-corrected chi connectivity index (χ3v) is 5.29. The van der Waals surface area contributed by atoms with Crippen molar-refractivity contribution in [2.24, 2.45) is 11.8 Å². The summed E-state index contributed by atoms with van der Waals surface area (Å²) in [5, 5.41) is 9.91. The van der Waals surface area contributed by atoms with Crippen LogP contribution in [0.3, 0.4) is 0 Å². The minimum absolute atomic E-state index is 0.227. The average molecular weight is 318 g/mol. The number of aromatic hydroxyl groups is 1. The zero-order valence-electron chi connectivity index (χ0n) is 14.1. The van der Waals surface area contributed by atoms with Crippen LogP contribution in [-0.2, 0) is 0 Å². The maximum atomic E-state index is 9.91. The van der Waals surface area contributed by atoms with Gasteiger partial charge in [-0.15, -0.1) is 0 Å². The Kier molecular flexibility index (Phi) is 6.06. The van der Waals surface area contributed by atoms with Crippen molar-refractivity contribution in [2.45, 2.75) is 64.2 Å². The number of rotatable bonds is 6. The SMILES string of the molecule is Oc1cc(OCC2CCCCC2)cc(OCC2CCCCC2)c1. The van der Waals surface area contributed by atoms with E-state index in [1.54, 1.807) is 12.1 Å². The fourth-order valence-electron chi connectivity index (χ4n) is 3.86. The van der Waals surface area contributed by atoms with Crippen molar-refractivity contribution in [3.63, 3.8) is 0 Å². The van der Waals surface area contributed by atoms with Gasteiger partial charge in [-0.25, -0.2) is 0 Å². The van der Waals surface area contributed by atoms with Gasteiger partial charge >= 0.3 is 0 Å². The van der Waals surface area contributed by atoms with Gasteiger partial charge in [0.05, 0.1) is 13.2 Å². The minimum atomic E-state index is 0.227. The summed E-state index contributed by atoms with van der Waals surface area (Å²) in [5.41, 5.74) is 0. The molecule has 23 heavy (non-hydrogen) atoms. The largest absolute Gasteiger partial charge is 0.508 e. The van der Waals surface area contributed by atoms with E-state index in [0.717, 1.165) is 24.7 Å². The molecule has 1 N–H and O–H groups in total. The molecule has 3 rings (SSSR count). The van der Waals surface area contributed by atoms with Crippen molar-refractivity contribution in [1.82, 2.24) is 0 Å². The van der Waals surface area contributed by atoms with E-state index in [2.05, 4.69) is 0 Å². The lowest BCUT2D eigenvalue weighted by Crippen LogP contribution is -2.16. The number of hydrogen-bond acceptors (Lipinski definition) is 3. The summed E-state index contributed by atoms with van der Waals surface area (Å²) in [6, 6.07) is 5.30. The van der Waals surface area contributed by atoms with Crippen molar-refractivity contribution < 1.29 is 14.6 Å². The molecule has 0 unspecified atom stereocenters. The van der Waals surface area contributed by atoms with Crippen LogP contribution < -0.4 is 9.47 Å². The number of phenols is 1. The molecular formula is C20H30O3. The van der Waals surface area contributed by atoms with Gasteiger partial charge in [-0.1, -0.05) is 38.5 Å². The molecular weight excluding hydrogens is 288 g/mol. The second kappa shape index (κ2) is 8.47. The summed E-state index contributed by atoms with van der Waals surface area (Å²) in [5.74, 6) is 3.02. The fourth-order valence-corrected chi connectivity index (χ4v) is 3.86. The molecule has 2 aliphatic carbocycles. The smallest absolute Gasteiger partial charge is 0.126 e. The highest BCUT2D eigenvalue weighted by molar-refractivity contribution is 5.41. The summed E-state index contributed by atoms with van der Waals surface area (Å²) in [4.78, 5) is 0. The molecule has 1 aromatic rings. The van der Waals surface area contributed by atoms with Gasteiger partial charge in [-0.3, -0.25) is 0 Å². The van der Waals surface area contributed by atoms with E-state index in [0.29, 0.717) is 11.8 Å². The molecule has 3 nitrogen and oxygen atoms in total. The lowest BCUT2D eigenvalue weighted by Gasteiger charge is -2.23. The van der Waals surface area contributed by atoms with E-state index in [9.17, 15) is 5.11 Å². The van der Waals surface area contributed by atoms with Crippen LogP contribution in [0.2, 0.25) is 0 Å². The maximum absolute atomic E-state index is 9.91. The monoisotopic (exact) mass is 318 g/mol. The molecule has 0 heterocycles. The van der Waals surface area contributed by atoms with E-state index in [4.69, 9.17) is 9.47 Å². The zero-order valence-corrected chi connectivity index (χ0v) is 14.1. The van der Waals surface area contributed by atoms with Gasteiger partial charge in [0.2, 0.25) is 0 Å². The van der Waals surface area contributed by atoms with Crippen LogP contribution >= 0.6 is 0 Å². The van der Waals surface area contributed by atoms with E-state index in [-0.39, 0.29) is 5.75 Å². The summed E-state index contributed by atoms with van der Waals surface area (Å²) >= 11 is 0. The van der Waals surface area contributed by atoms with Crippen LogP contribution in [0.15, 0.2) is 18.2 Å². The zero-order chi connectivity index (χ0) is 15.9. The van der Waals surface area contributed by atoms with Gasteiger partial charge in [-0.05, 0) is 37.5 Å². The predicted molar refractivity (Wildman–Crippen MR) is 92.2 cm³/mol. The number of benzene rings is 1. The van der Waals surface area contributed by atoms with E-state index >= 15 is 0 Å². The van der Waals surface area contributed by atoms with Crippen LogP contribution in [0.25, 0.3) is 0 Å². The van der Waals surface area contributed by atoms with Gasteiger partial charge in [0.15, 0.2) is 0 Å². The summed E-state index contributed by atoms with van der Waals surface area (Å²) < 4.78 is 11.8. The normalized spacial score (nSPS) is 20.3. The molecule has 0 atom stereocenters. The fraction of sp³-hybridized carbons (Fsp3) is 0.700. The first-order valence-corrected chi connectivity index (χ1v) is 9.39. The Hall–Kier alpha value is -1.38. The van der Waals surface area contributed by atoms with E-state index in [1.807, 2.05) is 6.07 Å². The molecule has 2 fully saturated rings. The van der Waals surface area contributed by atoms with E-state index in [1.165, 1.54) is 64.2 Å². The first-order chi connectivity index (χ1) is 11.3. The quantitative estimate of drug-likeness (QED) is 0.772. The molecule has 0 spiro atoms. The van der Waals surface area contributed by atoms with Crippen LogP contribution in [-0.4, -0.2) is 18.3 Å². The van der Waals surface area contributed by atoms with Gasteiger partial charge in [0.1, 0.15) is 17.2 Å². The molecule has 0 amide bonds. The van der Waals surface area contributed by atoms with Crippen LogP contribution in [0.4, 0.5) is 0 Å². The van der Waals surface area contributed by atoms with Crippen LogP contribution in [0.1, 0.15) is 64.2 Å². The van der Waals surface area contributed by atoms with Crippen molar-refractivity contribution >= 4 is 0 Å². The molecule has 0 saturated heterocycles. The molecule has 1 aromatic carbocycles. The summed E-state index contributed by atoms with van der Waals surface area (Å²) in [6.45, 7) is 1.51. The van der Waals surface area contributed by atoms with Crippen molar-refractivity contribution in [2.75, 3.05) is 13.2 Å². The highest BCUT2D eigenvalue weighted by atomic mass is 16.5. The topological polar surface area (TPSA) is 38.7 Å². The lowest BCUT2D eigenvalue weighted by molar-refractivity contribution is 0.199. The minimum Gasteiger partial charge on any atom is -0.508 e. The molecule has 128 valence electrons. The molecule has 0 aromatic heterocycles. The van der Waals surface area contributed by atoms with Gasteiger partial charge in [0, 0.05) is 18.2 Å². The molecule has 0 bridgehead atoms. The number of phenolic OH excluding ortho intramolecular Hbond substituents is 1. The maximum Gasteiger partial charge on any atom is 0.126 e. The van der Waals surface area contributed by atoms with Crippen molar-refractivity contribution in [1.29, 1.82) is 0 Å². The first kappa shape index (κ1) is 16.5. The van der Waals surface area contributed by atoms with Crippen LogP contribution in [0.5, 0.6) is 17.2 Å². The Balaban J connectivity index is 1.50. The third kappa shape index (κ3) is 5.33. The molecule has 0 aliphatic heterocycles. The second-order valence-electron chi connectivity index (χ2n) is 7.29. The lowest BCUT2D eigenvalue weighted by atomic mass is 9.90. The number of hydrogen-bond donors (Lipinski definition) is 1. The highest BCUT2D eigenvalue weighted by Crippen LogP contribution is 2.30. The average Bonchev–Trinajstić information content (AvgIpc) is 2.60. The summed E-state index contributed by atoms with van der Waals surface area (Å²) in [7, 11) is 0. The number of ether oxygens (including phenoxy) is 2. The third-order valence-electron chi connectivity index (χ3n) is 5.29. The van der Waals surface area contributed by atoms with Gasteiger partial charge in [-0.2, -0.15) is 0 Å². The molecule has 2 saturated carbocycles. The van der Waals surface area contributed by atoms with Gasteiger partial charge in [0.25, 0.3) is 0 Å². The molecule has 3 heteroatoms. The highest BCUT2D eigenvalue weighted by Gasteiger charge is 2.16. The Morgan fingerprint density at radius 3 is 1.57 bits per heavy atom. The Bertz CT molecular complexity index is 434. The van der Waals surface area contributed by atoms with E-state index < -0.39 is 0 Å². The standard InChI is InChI=1S/C20H30O3/c21-18-11-19(22-14-16-7-3-1-4-8-16)13-20(12-18)23-15-17-9-5-2-6-10-17/h11-13,16-17,21H,1-10,14-15H2. The molecule has 0 radical (unpaired) electrons. The second-order valence-corrected chi connectivity index (χ2v) is 7.29. The summed E-state index contributed by atoms with van der Waals surface area (Å²) in [6.07, 6.45) is 13.1. The predicted octanol–water partition coefficient (Wildman–Crippen LogP) is 5.31. The molecule has 2 aliphatic rings. The Morgan fingerprint density at radius 1 is 0.696 bits per heavy atom. The van der Waals surface area contributed by atoms with Crippen LogP contribution in [0, 0.1) is 11.8 Å². The Labute approximate surface area is 140 Å². The van der Waals surface area contributed by atoms with Crippen molar-refractivity contribution in [3.05, 3.63) is 18.2 Å². The first-order valence-electron chi connectivity index (χ1n) is 9.39. The van der Waals surface area contributed by atoms with Crippen molar-refractivity contribution in [3.8, 4) is 17.2 Å². The Morgan fingerprint density at radius 2 is 1.13 bits per heavy atom.